The number of nitrogens with zero attached hydrogens (tertiary/aromatic N) is 3. The molecule has 3 rings (SSSR count). The number of primary amides is 1. The number of carbonyl (C=O) groups is 1. The highest BCUT2D eigenvalue weighted by atomic mass is 16.5. The maximum atomic E-state index is 11.4. The largest absolute Gasteiger partial charge is 0.489 e. The van der Waals surface area contributed by atoms with Gasteiger partial charge in [0, 0.05) is 18.4 Å². The molecule has 0 saturated carbocycles. The lowest BCUT2D eigenvalue weighted by molar-refractivity contribution is 0.100. The number of rotatable bonds is 5. The van der Waals surface area contributed by atoms with Crippen LogP contribution in [0.2, 0.25) is 0 Å². The van der Waals surface area contributed by atoms with Crippen molar-refractivity contribution in [1.82, 2.24) is 9.97 Å². The van der Waals surface area contributed by atoms with Crippen molar-refractivity contribution < 1.29 is 14.6 Å². The second kappa shape index (κ2) is 7.54. The van der Waals surface area contributed by atoms with E-state index in [1.165, 1.54) is 6.20 Å². The Bertz CT molecular complexity index is 865. The summed E-state index contributed by atoms with van der Waals surface area (Å²) >= 11 is 0. The lowest BCUT2D eigenvalue weighted by Gasteiger charge is -2.12. The van der Waals surface area contributed by atoms with Gasteiger partial charge in [0.2, 0.25) is 5.95 Å². The number of benzene rings is 1. The van der Waals surface area contributed by atoms with Crippen molar-refractivity contribution in [3.8, 4) is 11.8 Å². The zero-order valence-electron chi connectivity index (χ0n) is 13.7. The third-order valence-electron chi connectivity index (χ3n) is 3.58. The fourth-order valence-corrected chi connectivity index (χ4v) is 2.35. The maximum Gasteiger partial charge on any atom is 0.254 e. The maximum absolute atomic E-state index is 11.4. The summed E-state index contributed by atoms with van der Waals surface area (Å²) in [5.74, 6) is 0.344. The minimum atomic E-state index is -0.693. The molecule has 1 aliphatic rings. The van der Waals surface area contributed by atoms with Crippen LogP contribution in [-0.4, -0.2) is 46.8 Å². The molecule has 6 N–H and O–H groups in total. The zero-order valence-corrected chi connectivity index (χ0v) is 13.7. The standard InChI is InChI=1S/C16H17N7O3/c17-3-4-19-15-11(14(18)25)7-21-16(23-15)22-9-1-2-13-12(5-9)20-6-10(24)8-26-13/h1-2,5,7,10,20,24H,4,6,8H2,(H2,18,25)(H2,19,21,22,23). The van der Waals surface area contributed by atoms with E-state index in [2.05, 4.69) is 25.9 Å². The molecule has 0 radical (unpaired) electrons. The van der Waals surface area contributed by atoms with Gasteiger partial charge in [-0.15, -0.1) is 0 Å². The SMILES string of the molecule is N#CCNc1nc(Nc2ccc3c(c2)NCC(O)CO3)ncc1C(N)=O. The second-order valence-electron chi connectivity index (χ2n) is 5.51. The molecule has 1 aromatic heterocycles. The van der Waals surface area contributed by atoms with Crippen LogP contribution < -0.4 is 26.4 Å². The highest BCUT2D eigenvalue weighted by Crippen LogP contribution is 2.30. The van der Waals surface area contributed by atoms with Crippen LogP contribution in [-0.2, 0) is 0 Å². The molecule has 10 heteroatoms. The van der Waals surface area contributed by atoms with E-state index in [4.69, 9.17) is 15.7 Å². The Labute approximate surface area is 149 Å². The molecule has 0 aliphatic carbocycles. The summed E-state index contributed by atoms with van der Waals surface area (Å²) in [6.07, 6.45) is 0.704. The van der Waals surface area contributed by atoms with Crippen molar-refractivity contribution in [2.75, 3.05) is 35.6 Å². The van der Waals surface area contributed by atoms with E-state index in [1.807, 2.05) is 6.07 Å². The Morgan fingerprint density at radius 3 is 3.15 bits per heavy atom. The Balaban J connectivity index is 1.83. The zero-order chi connectivity index (χ0) is 18.5. The minimum absolute atomic E-state index is 0.0286. The van der Waals surface area contributed by atoms with Crippen LogP contribution in [0.5, 0.6) is 5.75 Å². The number of hydrogen-bond acceptors (Lipinski definition) is 9. The highest BCUT2D eigenvalue weighted by Gasteiger charge is 2.16. The van der Waals surface area contributed by atoms with E-state index >= 15 is 0 Å². The number of aliphatic hydroxyl groups is 1. The predicted molar refractivity (Wildman–Crippen MR) is 94.4 cm³/mol. The Morgan fingerprint density at radius 1 is 1.54 bits per heavy atom. The molecule has 0 bridgehead atoms. The molecule has 0 fully saturated rings. The minimum Gasteiger partial charge on any atom is -0.489 e. The van der Waals surface area contributed by atoms with Crippen molar-refractivity contribution in [1.29, 1.82) is 5.26 Å². The molecule has 1 aliphatic heterocycles. The monoisotopic (exact) mass is 355 g/mol. The van der Waals surface area contributed by atoms with E-state index in [0.29, 0.717) is 18.0 Å². The molecule has 2 heterocycles. The molecular weight excluding hydrogens is 338 g/mol. The molecule has 1 amide bonds. The molecule has 26 heavy (non-hydrogen) atoms. The highest BCUT2D eigenvalue weighted by molar-refractivity contribution is 5.97. The number of nitrogens with one attached hydrogen (secondary N) is 3. The first kappa shape index (κ1) is 17.2. The number of amides is 1. The van der Waals surface area contributed by atoms with Gasteiger partial charge in [0.1, 0.15) is 30.8 Å². The number of aliphatic hydroxyl groups excluding tert-OH is 1. The third-order valence-corrected chi connectivity index (χ3v) is 3.58. The summed E-state index contributed by atoms with van der Waals surface area (Å²) in [4.78, 5) is 19.7. The molecule has 134 valence electrons. The van der Waals surface area contributed by atoms with Crippen LogP contribution >= 0.6 is 0 Å². The lowest BCUT2D eigenvalue weighted by atomic mass is 10.2. The van der Waals surface area contributed by atoms with Crippen molar-refractivity contribution >= 4 is 29.0 Å². The summed E-state index contributed by atoms with van der Waals surface area (Å²) < 4.78 is 5.51. The fourth-order valence-electron chi connectivity index (χ4n) is 2.35. The molecule has 1 atom stereocenters. The Morgan fingerprint density at radius 2 is 2.38 bits per heavy atom. The van der Waals surface area contributed by atoms with Gasteiger partial charge in [0.15, 0.2) is 0 Å². The van der Waals surface area contributed by atoms with Crippen LogP contribution in [0.1, 0.15) is 10.4 Å². The molecule has 1 unspecified atom stereocenters. The van der Waals surface area contributed by atoms with Gasteiger partial charge >= 0.3 is 0 Å². The van der Waals surface area contributed by atoms with E-state index in [1.54, 1.807) is 18.2 Å². The first-order chi connectivity index (χ1) is 12.6. The van der Waals surface area contributed by atoms with Crippen LogP contribution in [0.4, 0.5) is 23.1 Å². The second-order valence-corrected chi connectivity index (χ2v) is 5.51. The number of nitrogens with two attached hydrogens (primary N) is 1. The summed E-state index contributed by atoms with van der Waals surface area (Å²) in [6.45, 7) is 0.569. The first-order valence-corrected chi connectivity index (χ1v) is 7.80. The normalized spacial score (nSPS) is 15.5. The van der Waals surface area contributed by atoms with Crippen LogP contribution in [0.15, 0.2) is 24.4 Å². The topological polar surface area (TPSA) is 158 Å². The van der Waals surface area contributed by atoms with Gasteiger partial charge in [-0.05, 0) is 18.2 Å². The average molecular weight is 355 g/mol. The summed E-state index contributed by atoms with van der Waals surface area (Å²) in [5.41, 5.74) is 6.78. The molecule has 0 spiro atoms. The van der Waals surface area contributed by atoms with Gasteiger partial charge in [0.25, 0.3) is 5.91 Å². The van der Waals surface area contributed by atoms with Gasteiger partial charge in [-0.25, -0.2) is 4.98 Å². The van der Waals surface area contributed by atoms with Crippen LogP contribution in [0.25, 0.3) is 0 Å². The number of ether oxygens (including phenoxy) is 1. The van der Waals surface area contributed by atoms with Crippen molar-refractivity contribution in [3.63, 3.8) is 0 Å². The number of β-amino-alcohol motifs (C(OH)–C–C–N with tert-alkyl or cyclic N) is 1. The van der Waals surface area contributed by atoms with Crippen LogP contribution in [0.3, 0.4) is 0 Å². The fraction of sp³-hybridized carbons (Fsp3) is 0.250. The van der Waals surface area contributed by atoms with E-state index in [9.17, 15) is 9.90 Å². The number of hydrogen-bond donors (Lipinski definition) is 5. The Hall–Kier alpha value is -3.58. The van der Waals surface area contributed by atoms with E-state index in [-0.39, 0.29) is 30.5 Å². The Kier molecular flexibility index (Phi) is 5.00. The first-order valence-electron chi connectivity index (χ1n) is 7.80. The van der Waals surface area contributed by atoms with Gasteiger partial charge < -0.3 is 31.5 Å². The number of fused-ring (bicyclic) bond motifs is 1. The quantitative estimate of drug-likeness (QED) is 0.479. The third kappa shape index (κ3) is 3.90. The van der Waals surface area contributed by atoms with Gasteiger partial charge in [0.05, 0.1) is 17.3 Å². The molecule has 2 aromatic rings. The van der Waals surface area contributed by atoms with Gasteiger partial charge in [-0.1, -0.05) is 0 Å². The molecule has 0 saturated heterocycles. The van der Waals surface area contributed by atoms with Gasteiger partial charge in [-0.3, -0.25) is 4.79 Å². The summed E-state index contributed by atoms with van der Waals surface area (Å²) in [6, 6.07) is 7.23. The number of anilines is 4. The van der Waals surface area contributed by atoms with Crippen molar-refractivity contribution in [2.24, 2.45) is 5.73 Å². The smallest absolute Gasteiger partial charge is 0.254 e. The molecular formula is C16H17N7O3. The molecule has 1 aromatic carbocycles. The van der Waals surface area contributed by atoms with Gasteiger partial charge in [-0.2, -0.15) is 10.2 Å². The summed E-state index contributed by atoms with van der Waals surface area (Å²) in [5, 5.41) is 27.2. The van der Waals surface area contributed by atoms with Crippen molar-refractivity contribution in [3.05, 3.63) is 30.0 Å². The number of carbonyl (C=O) groups excluding carboxylic acids is 1. The van der Waals surface area contributed by atoms with Crippen LogP contribution in [0, 0.1) is 11.3 Å². The summed E-state index contributed by atoms with van der Waals surface area (Å²) in [7, 11) is 0. The lowest BCUT2D eigenvalue weighted by Crippen LogP contribution is -2.23. The number of nitriles is 1. The van der Waals surface area contributed by atoms with Crippen molar-refractivity contribution in [2.45, 2.75) is 6.10 Å². The predicted octanol–water partition coefficient (Wildman–Crippen LogP) is 0.420. The number of aromatic nitrogens is 2. The van der Waals surface area contributed by atoms with E-state index < -0.39 is 12.0 Å². The average Bonchev–Trinajstić information content (AvgIpc) is 2.81. The van der Waals surface area contributed by atoms with E-state index in [0.717, 1.165) is 5.69 Å². The molecule has 10 nitrogen and oxygen atoms in total.